The molecule has 17 heavy (non-hydrogen) atoms. The van der Waals surface area contributed by atoms with Crippen LogP contribution in [0.15, 0.2) is 18.2 Å². The normalized spacial score (nSPS) is 25.3. The van der Waals surface area contributed by atoms with Gasteiger partial charge in [0, 0.05) is 6.04 Å². The Balaban J connectivity index is 2.08. The molecule has 0 spiro atoms. The molecule has 0 saturated heterocycles. The van der Waals surface area contributed by atoms with Crippen LogP contribution >= 0.6 is 0 Å². The Morgan fingerprint density at radius 1 is 1.18 bits per heavy atom. The Bertz CT molecular complexity index is 373. The summed E-state index contributed by atoms with van der Waals surface area (Å²) < 4.78 is 0. The molecule has 2 rings (SSSR count). The monoisotopic (exact) mass is 232 g/mol. The minimum atomic E-state index is 0.586. The molecule has 0 aromatic heterocycles. The van der Waals surface area contributed by atoms with Gasteiger partial charge in [-0.3, -0.25) is 0 Å². The molecule has 1 saturated carbocycles. The Labute approximate surface area is 105 Å². The molecule has 0 bridgehead atoms. The summed E-state index contributed by atoms with van der Waals surface area (Å²) in [5.74, 6) is 0.748. The van der Waals surface area contributed by atoms with Gasteiger partial charge in [0.05, 0.1) is 11.4 Å². The highest BCUT2D eigenvalue weighted by molar-refractivity contribution is 5.67. The van der Waals surface area contributed by atoms with Crippen molar-refractivity contribution in [2.24, 2.45) is 5.92 Å². The molecule has 1 aliphatic rings. The highest BCUT2D eigenvalue weighted by Crippen LogP contribution is 2.28. The molecule has 2 atom stereocenters. The first-order valence-corrected chi connectivity index (χ1v) is 6.79. The molecular formula is C15H24N2. The van der Waals surface area contributed by atoms with E-state index in [-0.39, 0.29) is 0 Å². The first-order chi connectivity index (χ1) is 8.16. The van der Waals surface area contributed by atoms with Crippen molar-refractivity contribution < 1.29 is 0 Å². The number of aryl methyl sites for hydroxylation is 1. The van der Waals surface area contributed by atoms with Crippen LogP contribution in [0.5, 0.6) is 0 Å². The number of rotatable bonds is 2. The van der Waals surface area contributed by atoms with E-state index in [4.69, 9.17) is 5.73 Å². The molecule has 2 heteroatoms. The van der Waals surface area contributed by atoms with Crippen LogP contribution in [0.2, 0.25) is 0 Å². The van der Waals surface area contributed by atoms with Crippen molar-refractivity contribution in [3.8, 4) is 0 Å². The van der Waals surface area contributed by atoms with Gasteiger partial charge in [-0.15, -0.1) is 0 Å². The maximum atomic E-state index is 6.06. The second-order valence-corrected chi connectivity index (χ2v) is 5.46. The van der Waals surface area contributed by atoms with Crippen LogP contribution < -0.4 is 11.1 Å². The maximum Gasteiger partial charge on any atom is 0.0576 e. The number of hydrogen-bond acceptors (Lipinski definition) is 2. The number of nitrogens with two attached hydrogens (primary N) is 1. The van der Waals surface area contributed by atoms with Gasteiger partial charge in [-0.25, -0.2) is 0 Å². The van der Waals surface area contributed by atoms with Crippen LogP contribution in [0.1, 0.15) is 44.6 Å². The van der Waals surface area contributed by atoms with Gasteiger partial charge in [-0.1, -0.05) is 32.3 Å². The third-order valence-corrected chi connectivity index (χ3v) is 3.91. The van der Waals surface area contributed by atoms with Crippen molar-refractivity contribution in [2.75, 3.05) is 11.1 Å². The van der Waals surface area contributed by atoms with E-state index in [0.29, 0.717) is 6.04 Å². The van der Waals surface area contributed by atoms with E-state index in [1.165, 1.54) is 37.7 Å². The zero-order valence-electron chi connectivity index (χ0n) is 11.0. The number of benzene rings is 1. The fourth-order valence-electron chi connectivity index (χ4n) is 2.72. The molecule has 1 aliphatic carbocycles. The molecule has 0 amide bonds. The Hall–Kier alpha value is -1.18. The highest BCUT2D eigenvalue weighted by Gasteiger charge is 2.20. The molecular weight excluding hydrogens is 208 g/mol. The molecule has 1 aromatic carbocycles. The lowest BCUT2D eigenvalue weighted by molar-refractivity contribution is 0.457. The van der Waals surface area contributed by atoms with E-state index in [1.54, 1.807) is 0 Å². The molecule has 3 N–H and O–H groups in total. The van der Waals surface area contributed by atoms with Crippen LogP contribution in [0.25, 0.3) is 0 Å². The van der Waals surface area contributed by atoms with Gasteiger partial charge in [0.15, 0.2) is 0 Å². The number of nitrogens with one attached hydrogen (secondary N) is 1. The fourth-order valence-corrected chi connectivity index (χ4v) is 2.72. The Kier molecular flexibility index (Phi) is 3.93. The number of hydrogen-bond donors (Lipinski definition) is 2. The van der Waals surface area contributed by atoms with Gasteiger partial charge in [0.2, 0.25) is 0 Å². The summed E-state index contributed by atoms with van der Waals surface area (Å²) in [5.41, 5.74) is 9.27. The number of anilines is 2. The van der Waals surface area contributed by atoms with Gasteiger partial charge >= 0.3 is 0 Å². The zero-order valence-corrected chi connectivity index (χ0v) is 11.0. The van der Waals surface area contributed by atoms with E-state index in [9.17, 15) is 0 Å². The minimum absolute atomic E-state index is 0.586. The second-order valence-electron chi connectivity index (χ2n) is 5.46. The predicted octanol–water partition coefficient (Wildman–Crippen LogP) is 3.96. The SMILES string of the molecule is Cc1ccc(NC2CCCCCC2C)c(N)c1. The van der Waals surface area contributed by atoms with Crippen molar-refractivity contribution >= 4 is 11.4 Å². The largest absolute Gasteiger partial charge is 0.397 e. The summed E-state index contributed by atoms with van der Waals surface area (Å²) in [6, 6.07) is 6.87. The smallest absolute Gasteiger partial charge is 0.0576 e. The van der Waals surface area contributed by atoms with Crippen LogP contribution in [0.4, 0.5) is 11.4 Å². The summed E-state index contributed by atoms with van der Waals surface area (Å²) in [4.78, 5) is 0. The standard InChI is InChI=1S/C15H24N2/c1-11-8-9-15(13(16)10-11)17-14-7-5-3-4-6-12(14)2/h8-10,12,14,17H,3-7,16H2,1-2H3. The van der Waals surface area contributed by atoms with E-state index >= 15 is 0 Å². The first-order valence-electron chi connectivity index (χ1n) is 6.79. The topological polar surface area (TPSA) is 38.0 Å². The van der Waals surface area contributed by atoms with Gasteiger partial charge in [-0.05, 0) is 43.4 Å². The van der Waals surface area contributed by atoms with Crippen molar-refractivity contribution in [2.45, 2.75) is 52.0 Å². The predicted molar refractivity (Wildman–Crippen MR) is 75.3 cm³/mol. The van der Waals surface area contributed by atoms with E-state index in [0.717, 1.165) is 17.3 Å². The van der Waals surface area contributed by atoms with E-state index in [1.807, 2.05) is 6.07 Å². The average molecular weight is 232 g/mol. The third kappa shape index (κ3) is 3.15. The summed E-state index contributed by atoms with van der Waals surface area (Å²) in [6.45, 7) is 4.43. The second kappa shape index (κ2) is 5.44. The van der Waals surface area contributed by atoms with Crippen molar-refractivity contribution in [3.05, 3.63) is 23.8 Å². The van der Waals surface area contributed by atoms with Crippen molar-refractivity contribution in [1.29, 1.82) is 0 Å². The van der Waals surface area contributed by atoms with E-state index in [2.05, 4.69) is 31.3 Å². The Morgan fingerprint density at radius 3 is 2.71 bits per heavy atom. The zero-order chi connectivity index (χ0) is 12.3. The summed E-state index contributed by atoms with van der Waals surface area (Å²) >= 11 is 0. The van der Waals surface area contributed by atoms with Crippen LogP contribution in [0, 0.1) is 12.8 Å². The molecule has 1 aromatic rings. The van der Waals surface area contributed by atoms with Gasteiger partial charge < -0.3 is 11.1 Å². The lowest BCUT2D eigenvalue weighted by atomic mass is 9.96. The van der Waals surface area contributed by atoms with Crippen molar-refractivity contribution in [1.82, 2.24) is 0 Å². The maximum absolute atomic E-state index is 6.06. The molecule has 1 fully saturated rings. The first kappa shape index (κ1) is 12.3. The molecule has 2 nitrogen and oxygen atoms in total. The Morgan fingerprint density at radius 2 is 1.94 bits per heavy atom. The van der Waals surface area contributed by atoms with Gasteiger partial charge in [0.1, 0.15) is 0 Å². The summed E-state index contributed by atoms with van der Waals surface area (Å²) in [7, 11) is 0. The average Bonchev–Trinajstić information content (AvgIpc) is 2.48. The third-order valence-electron chi connectivity index (χ3n) is 3.91. The summed E-state index contributed by atoms with van der Waals surface area (Å²) in [6.07, 6.45) is 6.71. The lowest BCUT2D eigenvalue weighted by Crippen LogP contribution is -2.26. The molecule has 0 aliphatic heterocycles. The fraction of sp³-hybridized carbons (Fsp3) is 0.600. The minimum Gasteiger partial charge on any atom is -0.397 e. The van der Waals surface area contributed by atoms with E-state index < -0.39 is 0 Å². The van der Waals surface area contributed by atoms with Crippen molar-refractivity contribution in [3.63, 3.8) is 0 Å². The van der Waals surface area contributed by atoms with Crippen LogP contribution in [-0.4, -0.2) is 6.04 Å². The summed E-state index contributed by atoms with van der Waals surface area (Å²) in [5, 5.41) is 3.64. The highest BCUT2D eigenvalue weighted by atomic mass is 14.9. The van der Waals surface area contributed by atoms with Gasteiger partial charge in [0.25, 0.3) is 0 Å². The number of nitrogen functional groups attached to an aromatic ring is 1. The van der Waals surface area contributed by atoms with Gasteiger partial charge in [-0.2, -0.15) is 0 Å². The quantitative estimate of drug-likeness (QED) is 0.598. The van der Waals surface area contributed by atoms with Crippen LogP contribution in [0.3, 0.4) is 0 Å². The molecule has 0 radical (unpaired) electrons. The molecule has 0 heterocycles. The molecule has 2 unspecified atom stereocenters. The lowest BCUT2D eigenvalue weighted by Gasteiger charge is -2.25. The van der Waals surface area contributed by atoms with Crippen LogP contribution in [-0.2, 0) is 0 Å². The molecule has 94 valence electrons.